The number of unbranched alkanes of at least 4 members (excludes halogenated alkanes) is 5. The Bertz CT molecular complexity index is 167. The van der Waals surface area contributed by atoms with Crippen molar-refractivity contribution < 1.29 is 0 Å². The second kappa shape index (κ2) is 15.4. The molecule has 0 heteroatoms. The first-order valence-corrected chi connectivity index (χ1v) is 9.63. The van der Waals surface area contributed by atoms with Gasteiger partial charge in [0.1, 0.15) is 0 Å². The van der Waals surface area contributed by atoms with E-state index in [1.54, 1.807) is 0 Å². The summed E-state index contributed by atoms with van der Waals surface area (Å²) in [5.41, 5.74) is 0. The van der Waals surface area contributed by atoms with E-state index in [1.165, 1.54) is 83.5 Å². The van der Waals surface area contributed by atoms with Crippen LogP contribution < -0.4 is 0 Å². The highest BCUT2D eigenvalue weighted by Crippen LogP contribution is 2.27. The van der Waals surface area contributed by atoms with Crippen LogP contribution in [0.4, 0.5) is 0 Å². The molecule has 1 unspecified atom stereocenters. The van der Waals surface area contributed by atoms with E-state index in [-0.39, 0.29) is 0 Å². The zero-order valence-corrected chi connectivity index (χ0v) is 14.9. The molecule has 0 amide bonds. The highest BCUT2D eigenvalue weighted by atomic mass is 14.2. The molecule has 121 valence electrons. The average molecular weight is 282 g/mol. The van der Waals surface area contributed by atoms with Crippen molar-refractivity contribution in [3.05, 3.63) is 6.42 Å². The van der Waals surface area contributed by atoms with Gasteiger partial charge in [-0.25, -0.2) is 0 Å². The van der Waals surface area contributed by atoms with Crippen molar-refractivity contribution in [2.75, 3.05) is 0 Å². The normalized spacial score (nSPS) is 13.1. The average Bonchev–Trinajstić information content (AvgIpc) is 2.43. The van der Waals surface area contributed by atoms with Gasteiger partial charge >= 0.3 is 0 Å². The summed E-state index contributed by atoms with van der Waals surface area (Å²) in [5, 5.41) is 0. The molecule has 20 heavy (non-hydrogen) atoms. The van der Waals surface area contributed by atoms with Crippen molar-refractivity contribution >= 4 is 0 Å². The lowest BCUT2D eigenvalue weighted by Gasteiger charge is -2.22. The van der Waals surface area contributed by atoms with Gasteiger partial charge in [0, 0.05) is 0 Å². The minimum Gasteiger partial charge on any atom is -0.0654 e. The van der Waals surface area contributed by atoms with E-state index < -0.39 is 0 Å². The van der Waals surface area contributed by atoms with Crippen LogP contribution in [0.5, 0.6) is 0 Å². The molecule has 0 saturated carbocycles. The Hall–Kier alpha value is 0. The summed E-state index contributed by atoms with van der Waals surface area (Å²) >= 11 is 0. The Morgan fingerprint density at radius 3 is 1.45 bits per heavy atom. The van der Waals surface area contributed by atoms with E-state index >= 15 is 0 Å². The molecule has 0 spiro atoms. The molecule has 0 aromatic heterocycles. The van der Waals surface area contributed by atoms with Crippen molar-refractivity contribution in [3.63, 3.8) is 0 Å². The first-order valence-electron chi connectivity index (χ1n) is 9.63. The molecular formula is C20H41. The third-order valence-electron chi connectivity index (χ3n) is 4.45. The molecule has 0 aliphatic rings. The van der Waals surface area contributed by atoms with Crippen LogP contribution in [-0.4, -0.2) is 0 Å². The zero-order chi connectivity index (χ0) is 15.1. The van der Waals surface area contributed by atoms with E-state index in [0.29, 0.717) is 0 Å². The van der Waals surface area contributed by atoms with Gasteiger partial charge in [0.05, 0.1) is 0 Å². The zero-order valence-electron chi connectivity index (χ0n) is 14.9. The molecule has 1 radical (unpaired) electrons. The lowest BCUT2D eigenvalue weighted by atomic mass is 9.83. The van der Waals surface area contributed by atoms with Crippen molar-refractivity contribution in [2.45, 2.75) is 111 Å². The van der Waals surface area contributed by atoms with E-state index in [0.717, 1.165) is 11.8 Å². The Kier molecular flexibility index (Phi) is 15.4. The molecule has 0 aromatic rings. The van der Waals surface area contributed by atoms with Gasteiger partial charge in [0.15, 0.2) is 0 Å². The fourth-order valence-corrected chi connectivity index (χ4v) is 3.36. The Morgan fingerprint density at radius 1 is 0.500 bits per heavy atom. The summed E-state index contributed by atoms with van der Waals surface area (Å²) in [6.07, 6.45) is 21.1. The van der Waals surface area contributed by atoms with Gasteiger partial charge in [-0.1, -0.05) is 111 Å². The molecule has 0 aromatic carbocycles. The van der Waals surface area contributed by atoms with Gasteiger partial charge in [-0.3, -0.25) is 0 Å². The summed E-state index contributed by atoms with van der Waals surface area (Å²) in [5.74, 6) is 1.79. The maximum absolute atomic E-state index is 2.74. The molecule has 0 aliphatic heterocycles. The molecule has 0 heterocycles. The van der Waals surface area contributed by atoms with E-state index in [2.05, 4.69) is 34.1 Å². The van der Waals surface area contributed by atoms with Crippen LogP contribution >= 0.6 is 0 Å². The van der Waals surface area contributed by atoms with Crippen LogP contribution in [-0.2, 0) is 0 Å². The Morgan fingerprint density at radius 2 is 0.950 bits per heavy atom. The maximum atomic E-state index is 2.74. The molecule has 0 N–H and O–H groups in total. The third-order valence-corrected chi connectivity index (χ3v) is 4.45. The predicted molar refractivity (Wildman–Crippen MR) is 94.0 cm³/mol. The van der Waals surface area contributed by atoms with Crippen LogP contribution in [0.3, 0.4) is 0 Å². The van der Waals surface area contributed by atoms with E-state index in [9.17, 15) is 0 Å². The van der Waals surface area contributed by atoms with Crippen molar-refractivity contribution in [1.29, 1.82) is 0 Å². The van der Waals surface area contributed by atoms with Gasteiger partial charge in [-0.05, 0) is 18.3 Å². The van der Waals surface area contributed by atoms with Gasteiger partial charge in [0.25, 0.3) is 0 Å². The second-order valence-electron chi connectivity index (χ2n) is 6.64. The van der Waals surface area contributed by atoms with Gasteiger partial charge in [0.2, 0.25) is 0 Å². The van der Waals surface area contributed by atoms with Gasteiger partial charge < -0.3 is 0 Å². The van der Waals surface area contributed by atoms with Crippen molar-refractivity contribution in [2.24, 2.45) is 11.8 Å². The fraction of sp³-hybridized carbons (Fsp3) is 0.950. The summed E-state index contributed by atoms with van der Waals surface area (Å²) in [7, 11) is 0. The van der Waals surface area contributed by atoms with Gasteiger partial charge in [-0.2, -0.15) is 0 Å². The highest BCUT2D eigenvalue weighted by molar-refractivity contribution is 4.83. The standard InChI is InChI=1S/C20H41/c1-5-9-10-11-12-13-17-20(16-8-4)18-19(14-6-2)15-7-3/h18-20H,5-17H2,1-4H3. The summed E-state index contributed by atoms with van der Waals surface area (Å²) in [6, 6.07) is 0. The minimum absolute atomic E-state index is 0.890. The number of hydrogen-bond acceptors (Lipinski definition) is 0. The first kappa shape index (κ1) is 20.0. The smallest absolute Gasteiger partial charge is 0.0324 e. The molecular weight excluding hydrogens is 240 g/mol. The molecule has 0 nitrogen and oxygen atoms in total. The maximum Gasteiger partial charge on any atom is -0.0324 e. The molecule has 0 fully saturated rings. The van der Waals surface area contributed by atoms with Crippen LogP contribution in [0, 0.1) is 18.3 Å². The largest absolute Gasteiger partial charge is 0.0654 e. The van der Waals surface area contributed by atoms with Crippen LogP contribution in [0.25, 0.3) is 0 Å². The molecule has 0 aliphatic carbocycles. The van der Waals surface area contributed by atoms with Gasteiger partial charge in [-0.15, -0.1) is 0 Å². The van der Waals surface area contributed by atoms with Crippen LogP contribution in [0.15, 0.2) is 0 Å². The van der Waals surface area contributed by atoms with Crippen LogP contribution in [0.2, 0.25) is 0 Å². The number of hydrogen-bond donors (Lipinski definition) is 0. The first-order chi connectivity index (χ1) is 9.78. The Balaban J connectivity index is 3.88. The second-order valence-corrected chi connectivity index (χ2v) is 6.64. The van der Waals surface area contributed by atoms with E-state index in [1.807, 2.05) is 0 Å². The van der Waals surface area contributed by atoms with E-state index in [4.69, 9.17) is 0 Å². The summed E-state index contributed by atoms with van der Waals surface area (Å²) in [6.45, 7) is 9.31. The molecule has 0 rings (SSSR count). The summed E-state index contributed by atoms with van der Waals surface area (Å²) < 4.78 is 0. The SMILES string of the molecule is CCCCCCCCC([CH]C(CCC)CCC)CCC. The predicted octanol–water partition coefficient (Wildman–Crippen LogP) is 7.57. The summed E-state index contributed by atoms with van der Waals surface area (Å²) in [4.78, 5) is 0. The monoisotopic (exact) mass is 281 g/mol. The quantitative estimate of drug-likeness (QED) is 0.271. The lowest BCUT2D eigenvalue weighted by Crippen LogP contribution is -2.10. The van der Waals surface area contributed by atoms with Crippen LogP contribution in [0.1, 0.15) is 111 Å². The number of rotatable bonds is 15. The fourth-order valence-electron chi connectivity index (χ4n) is 3.36. The van der Waals surface area contributed by atoms with Crippen molar-refractivity contribution in [3.8, 4) is 0 Å². The highest BCUT2D eigenvalue weighted by Gasteiger charge is 2.15. The minimum atomic E-state index is 0.890. The molecule has 1 atom stereocenters. The molecule has 0 bridgehead atoms. The third kappa shape index (κ3) is 11.8. The lowest BCUT2D eigenvalue weighted by molar-refractivity contribution is 0.386. The molecule has 0 saturated heterocycles. The topological polar surface area (TPSA) is 0 Å². The van der Waals surface area contributed by atoms with Crippen molar-refractivity contribution in [1.82, 2.24) is 0 Å². The Labute approximate surface area is 130 Å².